The summed E-state index contributed by atoms with van der Waals surface area (Å²) in [5.41, 5.74) is 7.55. The molecule has 1 nitrogen and oxygen atoms in total. The third-order valence-corrected chi connectivity index (χ3v) is 2.50. The van der Waals surface area contributed by atoms with Crippen LogP contribution in [-0.4, -0.2) is 0 Å². The average molecular weight is 219 g/mol. The summed E-state index contributed by atoms with van der Waals surface area (Å²) in [4.78, 5) is 0. The molecular formula is C13H11F2N. The van der Waals surface area contributed by atoms with Gasteiger partial charge in [0.15, 0.2) is 0 Å². The molecule has 3 heteroatoms. The molecule has 16 heavy (non-hydrogen) atoms. The maximum atomic E-state index is 13.6. The molecule has 0 bridgehead atoms. The van der Waals surface area contributed by atoms with Gasteiger partial charge in [0.05, 0.1) is 0 Å². The summed E-state index contributed by atoms with van der Waals surface area (Å²) in [7, 11) is 0. The quantitative estimate of drug-likeness (QED) is 0.729. The van der Waals surface area contributed by atoms with Crippen LogP contribution in [-0.2, 0) is 0 Å². The number of para-hydroxylation sites is 1. The number of aryl methyl sites for hydroxylation is 1. The summed E-state index contributed by atoms with van der Waals surface area (Å²) >= 11 is 0. The highest BCUT2D eigenvalue weighted by Gasteiger charge is 2.10. The van der Waals surface area contributed by atoms with Gasteiger partial charge in [0.2, 0.25) is 0 Å². The Kier molecular flexibility index (Phi) is 2.60. The van der Waals surface area contributed by atoms with Gasteiger partial charge < -0.3 is 5.73 Å². The van der Waals surface area contributed by atoms with Gasteiger partial charge in [0.25, 0.3) is 0 Å². The number of nitrogens with two attached hydrogens (primary N) is 1. The van der Waals surface area contributed by atoms with Crippen molar-refractivity contribution in [1.29, 1.82) is 0 Å². The Labute approximate surface area is 92.5 Å². The van der Waals surface area contributed by atoms with Gasteiger partial charge in [-0.25, -0.2) is 8.78 Å². The highest BCUT2D eigenvalue weighted by Crippen LogP contribution is 2.29. The maximum absolute atomic E-state index is 13.6. The van der Waals surface area contributed by atoms with Crippen molar-refractivity contribution in [3.8, 4) is 11.1 Å². The Morgan fingerprint density at radius 3 is 2.31 bits per heavy atom. The molecule has 0 saturated carbocycles. The van der Waals surface area contributed by atoms with E-state index in [9.17, 15) is 8.78 Å². The topological polar surface area (TPSA) is 26.0 Å². The van der Waals surface area contributed by atoms with Crippen molar-refractivity contribution < 1.29 is 8.78 Å². The van der Waals surface area contributed by atoms with Gasteiger partial charge in [0.1, 0.15) is 11.6 Å². The smallest absolute Gasteiger partial charge is 0.134 e. The van der Waals surface area contributed by atoms with Crippen molar-refractivity contribution in [2.24, 2.45) is 0 Å². The molecule has 2 aromatic carbocycles. The minimum atomic E-state index is -0.596. The molecule has 0 aromatic heterocycles. The van der Waals surface area contributed by atoms with Gasteiger partial charge in [-0.15, -0.1) is 0 Å². The lowest BCUT2D eigenvalue weighted by Crippen LogP contribution is -1.94. The van der Waals surface area contributed by atoms with Crippen LogP contribution in [0.1, 0.15) is 5.56 Å². The normalized spacial score (nSPS) is 10.4. The zero-order chi connectivity index (χ0) is 11.7. The van der Waals surface area contributed by atoms with Crippen LogP contribution in [0.3, 0.4) is 0 Å². The molecule has 2 aromatic rings. The van der Waals surface area contributed by atoms with E-state index in [2.05, 4.69) is 0 Å². The Morgan fingerprint density at radius 2 is 1.62 bits per heavy atom. The molecule has 0 saturated heterocycles. The molecule has 0 heterocycles. The second-order valence-electron chi connectivity index (χ2n) is 3.67. The standard InChI is InChI=1S/C13H11F2N/c1-8-6-10(12(15)7-11(8)14)9-4-2-3-5-13(9)16/h2-7H,16H2,1H3. The molecule has 0 spiro atoms. The number of nitrogen functional groups attached to an aromatic ring is 1. The van der Waals surface area contributed by atoms with Crippen LogP contribution < -0.4 is 5.73 Å². The van der Waals surface area contributed by atoms with E-state index in [4.69, 9.17) is 5.73 Å². The monoisotopic (exact) mass is 219 g/mol. The van der Waals surface area contributed by atoms with E-state index in [1.165, 1.54) is 6.07 Å². The van der Waals surface area contributed by atoms with Gasteiger partial charge in [-0.3, -0.25) is 0 Å². The summed E-state index contributed by atoms with van der Waals surface area (Å²) in [6.07, 6.45) is 0. The van der Waals surface area contributed by atoms with Crippen molar-refractivity contribution in [3.63, 3.8) is 0 Å². The Balaban J connectivity index is 2.65. The molecular weight excluding hydrogens is 208 g/mol. The van der Waals surface area contributed by atoms with Crippen molar-refractivity contribution >= 4 is 5.69 Å². The molecule has 0 amide bonds. The molecule has 0 atom stereocenters. The van der Waals surface area contributed by atoms with Gasteiger partial charge in [-0.2, -0.15) is 0 Å². The largest absolute Gasteiger partial charge is 0.398 e. The van der Waals surface area contributed by atoms with Crippen LogP contribution in [0.2, 0.25) is 0 Å². The van der Waals surface area contributed by atoms with Crippen molar-refractivity contribution in [2.75, 3.05) is 5.73 Å². The lowest BCUT2D eigenvalue weighted by molar-refractivity contribution is 0.579. The molecule has 0 aliphatic rings. The first-order valence-electron chi connectivity index (χ1n) is 4.90. The van der Waals surface area contributed by atoms with E-state index in [1.54, 1.807) is 31.2 Å². The molecule has 2 rings (SSSR count). The van der Waals surface area contributed by atoms with E-state index in [1.807, 2.05) is 0 Å². The Morgan fingerprint density at radius 1 is 0.938 bits per heavy atom. The zero-order valence-electron chi connectivity index (χ0n) is 8.80. The lowest BCUT2D eigenvalue weighted by Gasteiger charge is -2.08. The second-order valence-corrected chi connectivity index (χ2v) is 3.67. The van der Waals surface area contributed by atoms with Gasteiger partial charge in [-0.1, -0.05) is 18.2 Å². The molecule has 0 fully saturated rings. The van der Waals surface area contributed by atoms with Gasteiger partial charge in [0, 0.05) is 22.9 Å². The molecule has 82 valence electrons. The summed E-state index contributed by atoms with van der Waals surface area (Å²) in [5, 5.41) is 0. The molecule has 2 N–H and O–H groups in total. The summed E-state index contributed by atoms with van der Waals surface area (Å²) < 4.78 is 26.7. The minimum absolute atomic E-state index is 0.331. The summed E-state index contributed by atoms with van der Waals surface area (Å²) in [5.74, 6) is -1.14. The number of anilines is 1. The predicted molar refractivity (Wildman–Crippen MR) is 60.9 cm³/mol. The van der Waals surface area contributed by atoms with Crippen molar-refractivity contribution in [2.45, 2.75) is 6.92 Å². The summed E-state index contributed by atoms with van der Waals surface area (Å²) in [6.45, 7) is 1.59. The first kappa shape index (κ1) is 10.6. The molecule has 0 unspecified atom stereocenters. The Hall–Kier alpha value is -1.90. The van der Waals surface area contributed by atoms with E-state index in [0.717, 1.165) is 6.07 Å². The van der Waals surface area contributed by atoms with Crippen molar-refractivity contribution in [1.82, 2.24) is 0 Å². The first-order valence-corrected chi connectivity index (χ1v) is 4.90. The number of rotatable bonds is 1. The first-order chi connectivity index (χ1) is 7.59. The number of hydrogen-bond acceptors (Lipinski definition) is 1. The predicted octanol–water partition coefficient (Wildman–Crippen LogP) is 3.52. The van der Waals surface area contributed by atoms with E-state index < -0.39 is 11.6 Å². The van der Waals surface area contributed by atoms with Crippen LogP contribution in [0.25, 0.3) is 11.1 Å². The molecule has 0 radical (unpaired) electrons. The average Bonchev–Trinajstić information content (AvgIpc) is 2.25. The number of hydrogen-bond donors (Lipinski definition) is 1. The fraction of sp³-hybridized carbons (Fsp3) is 0.0769. The minimum Gasteiger partial charge on any atom is -0.398 e. The highest BCUT2D eigenvalue weighted by atomic mass is 19.1. The fourth-order valence-corrected chi connectivity index (χ4v) is 1.61. The summed E-state index contributed by atoms with van der Waals surface area (Å²) in [6, 6.07) is 9.29. The lowest BCUT2D eigenvalue weighted by atomic mass is 10.0. The van der Waals surface area contributed by atoms with Crippen LogP contribution in [0, 0.1) is 18.6 Å². The maximum Gasteiger partial charge on any atom is 0.134 e. The van der Waals surface area contributed by atoms with Gasteiger partial charge in [-0.05, 0) is 24.6 Å². The second kappa shape index (κ2) is 3.93. The highest BCUT2D eigenvalue weighted by molar-refractivity contribution is 5.76. The zero-order valence-corrected chi connectivity index (χ0v) is 8.80. The van der Waals surface area contributed by atoms with Crippen LogP contribution in [0.15, 0.2) is 36.4 Å². The van der Waals surface area contributed by atoms with Crippen molar-refractivity contribution in [3.05, 3.63) is 53.6 Å². The van der Waals surface area contributed by atoms with Crippen LogP contribution >= 0.6 is 0 Å². The van der Waals surface area contributed by atoms with E-state index in [-0.39, 0.29) is 0 Å². The van der Waals surface area contributed by atoms with Gasteiger partial charge >= 0.3 is 0 Å². The van der Waals surface area contributed by atoms with Crippen LogP contribution in [0.4, 0.5) is 14.5 Å². The third kappa shape index (κ3) is 1.76. The fourth-order valence-electron chi connectivity index (χ4n) is 1.61. The SMILES string of the molecule is Cc1cc(-c2ccccc2N)c(F)cc1F. The number of benzene rings is 2. The van der Waals surface area contributed by atoms with E-state index in [0.29, 0.717) is 22.4 Å². The molecule has 0 aliphatic carbocycles. The van der Waals surface area contributed by atoms with E-state index >= 15 is 0 Å². The van der Waals surface area contributed by atoms with Crippen LogP contribution in [0.5, 0.6) is 0 Å². The third-order valence-electron chi connectivity index (χ3n) is 2.50. The number of halogens is 2. The Bertz CT molecular complexity index is 535. The molecule has 0 aliphatic heterocycles.